The minimum absolute atomic E-state index is 0.102. The maximum absolute atomic E-state index is 17.1. The number of carboxylic acid groups (broad SMARTS) is 1. The van der Waals surface area contributed by atoms with Crippen LogP contribution in [-0.2, 0) is 19.1 Å². The number of allylic oxidation sites excluding steroid dienone is 4. The molecule has 9 nitrogen and oxygen atoms in total. The number of rotatable bonds is 6. The number of carbonyl (C=O) groups is 4. The first-order chi connectivity index (χ1) is 16.7. The highest BCUT2D eigenvalue weighted by Crippen LogP contribution is 2.70. The summed E-state index contributed by atoms with van der Waals surface area (Å²) in [6.07, 6.45) is 2.55. The summed E-state index contributed by atoms with van der Waals surface area (Å²) < 4.78 is 22.1. The first-order valence-corrected chi connectivity index (χ1v) is 12.4. The van der Waals surface area contributed by atoms with Crippen LogP contribution in [0.15, 0.2) is 23.8 Å². The van der Waals surface area contributed by atoms with Crippen LogP contribution >= 0.6 is 0 Å². The summed E-state index contributed by atoms with van der Waals surface area (Å²) in [5, 5.41) is 34.0. The van der Waals surface area contributed by atoms with Crippen molar-refractivity contribution in [1.29, 1.82) is 0 Å². The van der Waals surface area contributed by atoms with E-state index >= 15 is 4.39 Å². The number of hydrogen-bond acceptors (Lipinski definition) is 7. The Hall–Kier alpha value is -2.59. The summed E-state index contributed by atoms with van der Waals surface area (Å²) in [6, 6.07) is 0. The van der Waals surface area contributed by atoms with Crippen LogP contribution in [0.4, 0.5) is 9.18 Å². The number of carbonyl (C=O) groups excluding carboxylic acids is 3. The maximum atomic E-state index is 17.1. The zero-order chi connectivity index (χ0) is 26.7. The zero-order valence-electron chi connectivity index (χ0n) is 20.8. The molecule has 2 saturated carbocycles. The van der Waals surface area contributed by atoms with Crippen molar-refractivity contribution in [2.75, 3.05) is 13.2 Å². The standard InChI is InChI=1S/C26H34FNO8/c1-14-10-18-17-5-4-15-11-16(29)6-8-23(15,2)25(17,27)19(30)12-24(18,3)26(14,35)20(31)13-36-22(34)28-9-7-21(32)33/h4,6,8,14,17-19,30,35H,5,7,9-13H2,1-3H3,(H,28,34)(H,32,33)/t14-,17?,18?,19?,23?,24?,25+,26+/m1/s1. The number of ether oxygens (including phenoxy) is 1. The molecule has 198 valence electrons. The van der Waals surface area contributed by atoms with E-state index in [-0.39, 0.29) is 38.0 Å². The van der Waals surface area contributed by atoms with Crippen LogP contribution in [0.1, 0.15) is 52.9 Å². The summed E-state index contributed by atoms with van der Waals surface area (Å²) in [4.78, 5) is 47.8. The van der Waals surface area contributed by atoms with Crippen molar-refractivity contribution in [1.82, 2.24) is 5.32 Å². The van der Waals surface area contributed by atoms with Gasteiger partial charge in [0.1, 0.15) is 5.60 Å². The summed E-state index contributed by atoms with van der Waals surface area (Å²) >= 11 is 0. The van der Waals surface area contributed by atoms with Crippen molar-refractivity contribution in [3.63, 3.8) is 0 Å². The summed E-state index contributed by atoms with van der Waals surface area (Å²) in [5.41, 5.74) is -5.74. The number of halogens is 1. The number of alkyl halides is 1. The van der Waals surface area contributed by atoms with E-state index in [2.05, 4.69) is 5.32 Å². The molecule has 5 unspecified atom stereocenters. The van der Waals surface area contributed by atoms with E-state index in [1.165, 1.54) is 6.08 Å². The Morgan fingerprint density at radius 1 is 1.25 bits per heavy atom. The Bertz CT molecular complexity index is 1060. The van der Waals surface area contributed by atoms with Gasteiger partial charge in [-0.05, 0) is 44.1 Å². The highest BCUT2D eigenvalue weighted by Gasteiger charge is 2.75. The Morgan fingerprint density at radius 2 is 1.94 bits per heavy atom. The number of nitrogens with one attached hydrogen (secondary N) is 1. The molecule has 10 heteroatoms. The lowest BCUT2D eigenvalue weighted by Crippen LogP contribution is -2.69. The molecule has 0 heterocycles. The van der Waals surface area contributed by atoms with Crippen molar-refractivity contribution >= 4 is 23.6 Å². The normalized spacial score (nSPS) is 43.1. The fraction of sp³-hybridized carbons (Fsp3) is 0.692. The monoisotopic (exact) mass is 507 g/mol. The second kappa shape index (κ2) is 8.76. The number of aliphatic hydroxyl groups excluding tert-OH is 1. The SMILES string of the molecule is C[C@@H]1CC2C3CC=C4CC(=O)C=CC4(C)[C@@]3(F)C(O)CC2(C)[C@@]1(O)C(=O)COC(=O)NCCC(=O)O. The van der Waals surface area contributed by atoms with E-state index in [4.69, 9.17) is 9.84 Å². The molecule has 0 spiro atoms. The van der Waals surface area contributed by atoms with Gasteiger partial charge in [0, 0.05) is 29.7 Å². The van der Waals surface area contributed by atoms with Gasteiger partial charge in [0.15, 0.2) is 18.1 Å². The van der Waals surface area contributed by atoms with Gasteiger partial charge in [-0.2, -0.15) is 0 Å². The number of fused-ring (bicyclic) bond motifs is 5. The highest BCUT2D eigenvalue weighted by molar-refractivity contribution is 5.94. The number of Topliss-reactive ketones (excluding diaryl/α,β-unsaturated/α-hetero) is 1. The molecular weight excluding hydrogens is 473 g/mol. The fourth-order valence-corrected chi connectivity index (χ4v) is 7.61. The Kier molecular flexibility index (Phi) is 6.44. The molecule has 36 heavy (non-hydrogen) atoms. The molecule has 0 bridgehead atoms. The predicted molar refractivity (Wildman–Crippen MR) is 124 cm³/mol. The molecule has 8 atom stereocenters. The minimum Gasteiger partial charge on any atom is -0.481 e. The quantitative estimate of drug-likeness (QED) is 0.399. The molecule has 2 fully saturated rings. The largest absolute Gasteiger partial charge is 0.481 e. The van der Waals surface area contributed by atoms with Gasteiger partial charge in [-0.3, -0.25) is 14.4 Å². The number of hydrogen-bond donors (Lipinski definition) is 4. The Labute approximate surface area is 208 Å². The molecule has 0 radical (unpaired) electrons. The molecule has 0 aromatic rings. The van der Waals surface area contributed by atoms with Gasteiger partial charge in [0.25, 0.3) is 0 Å². The van der Waals surface area contributed by atoms with E-state index in [1.54, 1.807) is 26.8 Å². The number of aliphatic carboxylic acids is 1. The van der Waals surface area contributed by atoms with Crippen LogP contribution in [0.3, 0.4) is 0 Å². The summed E-state index contributed by atoms with van der Waals surface area (Å²) in [7, 11) is 0. The summed E-state index contributed by atoms with van der Waals surface area (Å²) in [6.45, 7) is 4.18. The van der Waals surface area contributed by atoms with Gasteiger partial charge < -0.3 is 25.4 Å². The highest BCUT2D eigenvalue weighted by atomic mass is 19.1. The number of carboxylic acids is 1. The zero-order valence-corrected chi connectivity index (χ0v) is 20.8. The van der Waals surface area contributed by atoms with Crippen molar-refractivity contribution < 1.29 is 43.6 Å². The lowest BCUT2D eigenvalue weighted by Gasteiger charge is -2.62. The Morgan fingerprint density at radius 3 is 2.61 bits per heavy atom. The molecule has 0 aromatic heterocycles. The van der Waals surface area contributed by atoms with Crippen molar-refractivity contribution in [3.8, 4) is 0 Å². The van der Waals surface area contributed by atoms with Crippen molar-refractivity contribution in [3.05, 3.63) is 23.8 Å². The molecule has 0 aliphatic heterocycles. The van der Waals surface area contributed by atoms with Crippen molar-refractivity contribution in [2.45, 2.75) is 70.2 Å². The first-order valence-electron chi connectivity index (χ1n) is 12.4. The van der Waals surface area contributed by atoms with Gasteiger partial charge in [0.2, 0.25) is 5.78 Å². The molecule has 0 saturated heterocycles. The minimum atomic E-state index is -2.08. The predicted octanol–water partition coefficient (Wildman–Crippen LogP) is 2.10. The smallest absolute Gasteiger partial charge is 0.407 e. The number of alkyl carbamates (subject to hydrolysis) is 1. The van der Waals surface area contributed by atoms with E-state index in [0.29, 0.717) is 12.0 Å². The van der Waals surface area contributed by atoms with Gasteiger partial charge in [-0.15, -0.1) is 0 Å². The second-order valence-corrected chi connectivity index (χ2v) is 11.2. The molecule has 4 rings (SSSR count). The Balaban J connectivity index is 1.59. The molecule has 4 aliphatic rings. The van der Waals surface area contributed by atoms with Crippen LogP contribution < -0.4 is 5.32 Å². The number of amides is 1. The van der Waals surface area contributed by atoms with Gasteiger partial charge >= 0.3 is 12.1 Å². The van der Waals surface area contributed by atoms with E-state index in [0.717, 1.165) is 0 Å². The van der Waals surface area contributed by atoms with E-state index < -0.39 is 70.4 Å². The van der Waals surface area contributed by atoms with Crippen LogP contribution in [0.25, 0.3) is 0 Å². The third-order valence-electron chi connectivity index (χ3n) is 9.55. The topological polar surface area (TPSA) is 150 Å². The molecule has 0 aromatic carbocycles. The molecular formula is C26H34FNO8. The summed E-state index contributed by atoms with van der Waals surface area (Å²) in [5.74, 6) is -3.68. The molecule has 1 amide bonds. The van der Waals surface area contributed by atoms with Gasteiger partial charge in [-0.1, -0.05) is 31.6 Å². The van der Waals surface area contributed by atoms with E-state index in [1.807, 2.05) is 6.08 Å². The molecule has 4 N–H and O–H groups in total. The molecule has 4 aliphatic carbocycles. The lowest BCUT2D eigenvalue weighted by molar-refractivity contribution is -0.215. The fourth-order valence-electron chi connectivity index (χ4n) is 7.61. The van der Waals surface area contributed by atoms with Gasteiger partial charge in [-0.25, -0.2) is 9.18 Å². The average Bonchev–Trinajstić information content (AvgIpc) is 3.00. The van der Waals surface area contributed by atoms with Crippen molar-refractivity contribution in [2.24, 2.45) is 28.6 Å². The first kappa shape index (κ1) is 26.5. The lowest BCUT2D eigenvalue weighted by atomic mass is 9.45. The van der Waals surface area contributed by atoms with Crippen LogP contribution in [0, 0.1) is 28.6 Å². The van der Waals surface area contributed by atoms with E-state index in [9.17, 15) is 29.4 Å². The van der Waals surface area contributed by atoms with Gasteiger partial charge in [0.05, 0.1) is 12.5 Å². The average molecular weight is 508 g/mol. The maximum Gasteiger partial charge on any atom is 0.407 e. The van der Waals surface area contributed by atoms with Crippen LogP contribution in [-0.4, -0.2) is 69.5 Å². The number of aliphatic hydroxyl groups is 2. The van der Waals surface area contributed by atoms with Crippen LogP contribution in [0.2, 0.25) is 0 Å². The number of ketones is 2. The third-order valence-corrected chi connectivity index (χ3v) is 9.55. The third kappa shape index (κ3) is 3.55. The van der Waals surface area contributed by atoms with Crippen LogP contribution in [0.5, 0.6) is 0 Å². The second-order valence-electron chi connectivity index (χ2n) is 11.2.